The number of H-pyrrole nitrogens is 1. The van der Waals surface area contributed by atoms with Crippen molar-refractivity contribution in [3.8, 4) is 11.3 Å². The number of carbonyl (C=O) groups is 1. The van der Waals surface area contributed by atoms with Crippen LogP contribution in [0.1, 0.15) is 18.4 Å². The first-order valence-corrected chi connectivity index (χ1v) is 9.66. The molecule has 29 heavy (non-hydrogen) atoms. The zero-order valence-electron chi connectivity index (χ0n) is 16.4. The topological polar surface area (TPSA) is 114 Å². The van der Waals surface area contributed by atoms with Gasteiger partial charge in [0.2, 0.25) is 5.91 Å². The fourth-order valence-electron chi connectivity index (χ4n) is 3.70. The third kappa shape index (κ3) is 2.92. The van der Waals surface area contributed by atoms with Gasteiger partial charge < -0.3 is 25.9 Å². The number of amides is 1. The second kappa shape index (κ2) is 6.31. The van der Waals surface area contributed by atoms with Gasteiger partial charge in [0.15, 0.2) is 5.82 Å². The zero-order valence-corrected chi connectivity index (χ0v) is 16.4. The lowest BCUT2D eigenvalue weighted by molar-refractivity contribution is -0.123. The van der Waals surface area contributed by atoms with E-state index in [2.05, 4.69) is 37.7 Å². The molecule has 1 saturated carbocycles. The van der Waals surface area contributed by atoms with E-state index in [1.165, 1.54) is 0 Å². The number of fused-ring (bicyclic) bond motifs is 3. The molecule has 0 aliphatic heterocycles. The Labute approximate surface area is 167 Å². The molecule has 0 bridgehead atoms. The van der Waals surface area contributed by atoms with E-state index in [0.29, 0.717) is 6.54 Å². The molecule has 0 spiro atoms. The van der Waals surface area contributed by atoms with Crippen LogP contribution in [0.25, 0.3) is 33.3 Å². The van der Waals surface area contributed by atoms with Crippen LogP contribution in [0.15, 0.2) is 36.7 Å². The number of benzene rings is 1. The molecule has 0 saturated heterocycles. The molecule has 0 atom stereocenters. The smallest absolute Gasteiger partial charge is 0.240 e. The van der Waals surface area contributed by atoms with Crippen LogP contribution in [0.3, 0.4) is 0 Å². The van der Waals surface area contributed by atoms with Crippen LogP contribution < -0.4 is 16.4 Å². The van der Waals surface area contributed by atoms with Gasteiger partial charge in [0.1, 0.15) is 11.2 Å². The van der Waals surface area contributed by atoms with E-state index in [1.54, 1.807) is 6.33 Å². The van der Waals surface area contributed by atoms with E-state index in [4.69, 9.17) is 5.73 Å². The van der Waals surface area contributed by atoms with Crippen molar-refractivity contribution in [1.29, 1.82) is 0 Å². The summed E-state index contributed by atoms with van der Waals surface area (Å²) in [5.41, 5.74) is 11.0. The summed E-state index contributed by atoms with van der Waals surface area (Å²) in [4.78, 5) is 24.7. The van der Waals surface area contributed by atoms with Crippen LogP contribution in [0.5, 0.6) is 0 Å². The Balaban J connectivity index is 1.50. The van der Waals surface area contributed by atoms with Crippen molar-refractivity contribution in [2.45, 2.75) is 24.9 Å². The normalized spacial score (nSPS) is 15.0. The van der Waals surface area contributed by atoms with Crippen LogP contribution in [0.4, 0.5) is 5.82 Å². The Kier molecular flexibility index (Phi) is 3.85. The van der Waals surface area contributed by atoms with Gasteiger partial charge in [0.05, 0.1) is 17.4 Å². The number of aryl methyl sites for hydroxylation is 1. The molecule has 1 aliphatic rings. The highest BCUT2D eigenvalue weighted by molar-refractivity contribution is 6.07. The Bertz CT molecular complexity index is 1250. The maximum Gasteiger partial charge on any atom is 0.240 e. The van der Waals surface area contributed by atoms with Gasteiger partial charge in [-0.05, 0) is 36.1 Å². The zero-order chi connectivity index (χ0) is 20.2. The van der Waals surface area contributed by atoms with Gasteiger partial charge in [-0.3, -0.25) is 4.79 Å². The second-order valence-electron chi connectivity index (χ2n) is 7.75. The third-order valence-corrected chi connectivity index (χ3v) is 5.61. The van der Waals surface area contributed by atoms with Crippen LogP contribution in [-0.2, 0) is 18.4 Å². The standard InChI is InChI=1S/C21H23N7O/c1-23-19-16-17(28(2)11-25-16)14-9-15(26-18(14)27-19)13-5-3-4-12(8-13)10-24-20(29)21(22)6-7-21/h3-5,8-9,11H,6-7,10,22H2,1-2H3,(H,24,29)(H2,23,26,27). The van der Waals surface area contributed by atoms with Crippen LogP contribution in [0.2, 0.25) is 0 Å². The molecule has 8 heteroatoms. The lowest BCUT2D eigenvalue weighted by Crippen LogP contribution is -2.42. The summed E-state index contributed by atoms with van der Waals surface area (Å²) in [6.45, 7) is 0.458. The molecule has 3 aromatic heterocycles. The highest BCUT2D eigenvalue weighted by atomic mass is 16.2. The van der Waals surface area contributed by atoms with Gasteiger partial charge in [0, 0.05) is 31.7 Å². The number of pyridine rings is 1. The molecule has 0 radical (unpaired) electrons. The highest BCUT2D eigenvalue weighted by Gasteiger charge is 2.45. The molecule has 4 aromatic rings. The molecular formula is C21H23N7O. The maximum atomic E-state index is 12.1. The maximum absolute atomic E-state index is 12.1. The average Bonchev–Trinajstić information content (AvgIpc) is 3.17. The summed E-state index contributed by atoms with van der Waals surface area (Å²) in [5.74, 6) is 0.671. The average molecular weight is 389 g/mol. The van der Waals surface area contributed by atoms with Gasteiger partial charge in [0.25, 0.3) is 0 Å². The summed E-state index contributed by atoms with van der Waals surface area (Å²) in [7, 11) is 3.82. The second-order valence-corrected chi connectivity index (χ2v) is 7.75. The first-order chi connectivity index (χ1) is 14.0. The molecule has 148 valence electrons. The van der Waals surface area contributed by atoms with E-state index in [-0.39, 0.29) is 5.91 Å². The number of rotatable bonds is 5. The van der Waals surface area contributed by atoms with E-state index in [9.17, 15) is 4.79 Å². The molecule has 1 aromatic carbocycles. The number of imidazole rings is 1. The number of nitrogens with two attached hydrogens (primary N) is 1. The Hall–Kier alpha value is -3.39. The predicted octanol–water partition coefficient (Wildman–Crippen LogP) is 2.27. The number of nitrogens with zero attached hydrogens (tertiary/aromatic N) is 3. The van der Waals surface area contributed by atoms with Crippen molar-refractivity contribution >= 4 is 33.8 Å². The van der Waals surface area contributed by atoms with Crippen molar-refractivity contribution in [1.82, 2.24) is 24.8 Å². The molecule has 3 heterocycles. The number of hydrogen-bond donors (Lipinski definition) is 4. The van der Waals surface area contributed by atoms with Crippen molar-refractivity contribution in [3.05, 3.63) is 42.2 Å². The number of nitrogens with one attached hydrogen (secondary N) is 3. The monoisotopic (exact) mass is 389 g/mol. The Morgan fingerprint density at radius 1 is 1.34 bits per heavy atom. The van der Waals surface area contributed by atoms with E-state index >= 15 is 0 Å². The Morgan fingerprint density at radius 2 is 2.17 bits per heavy atom. The summed E-state index contributed by atoms with van der Waals surface area (Å²) in [6, 6.07) is 10.2. The Morgan fingerprint density at radius 3 is 2.93 bits per heavy atom. The number of anilines is 1. The van der Waals surface area contributed by atoms with Gasteiger partial charge in [-0.2, -0.15) is 0 Å². The molecule has 1 amide bonds. The van der Waals surface area contributed by atoms with Gasteiger partial charge in [-0.1, -0.05) is 18.2 Å². The van der Waals surface area contributed by atoms with Crippen LogP contribution in [0, 0.1) is 0 Å². The fourth-order valence-corrected chi connectivity index (χ4v) is 3.70. The molecule has 5 N–H and O–H groups in total. The minimum absolute atomic E-state index is 0.0732. The quantitative estimate of drug-likeness (QED) is 0.418. The summed E-state index contributed by atoms with van der Waals surface area (Å²) < 4.78 is 2.00. The molecule has 8 nitrogen and oxygen atoms in total. The number of carbonyl (C=O) groups excluding carboxylic acids is 1. The number of hydrogen-bond acceptors (Lipinski definition) is 5. The van der Waals surface area contributed by atoms with Gasteiger partial charge in [-0.15, -0.1) is 0 Å². The van der Waals surface area contributed by atoms with Crippen molar-refractivity contribution in [2.75, 3.05) is 12.4 Å². The largest absolute Gasteiger partial charge is 0.371 e. The minimum atomic E-state index is -0.653. The molecule has 0 unspecified atom stereocenters. The van der Waals surface area contributed by atoms with Gasteiger partial charge >= 0.3 is 0 Å². The SMILES string of the molecule is CNc1nc2[nH]c(-c3cccc(CNC(=O)C4(N)CC4)c3)cc2c2c1ncn2C. The first kappa shape index (κ1) is 17.7. The summed E-state index contributed by atoms with van der Waals surface area (Å²) >= 11 is 0. The third-order valence-electron chi connectivity index (χ3n) is 5.61. The molecular weight excluding hydrogens is 366 g/mol. The molecule has 5 rings (SSSR count). The predicted molar refractivity (Wildman–Crippen MR) is 113 cm³/mol. The van der Waals surface area contributed by atoms with E-state index in [0.717, 1.165) is 57.5 Å². The van der Waals surface area contributed by atoms with Crippen LogP contribution in [-0.4, -0.2) is 38.0 Å². The lowest BCUT2D eigenvalue weighted by atomic mass is 10.1. The van der Waals surface area contributed by atoms with Crippen molar-refractivity contribution in [3.63, 3.8) is 0 Å². The van der Waals surface area contributed by atoms with E-state index < -0.39 is 5.54 Å². The number of aromatic nitrogens is 4. The van der Waals surface area contributed by atoms with E-state index in [1.807, 2.05) is 36.9 Å². The summed E-state index contributed by atoms with van der Waals surface area (Å²) in [6.07, 6.45) is 3.32. The van der Waals surface area contributed by atoms with Gasteiger partial charge in [-0.25, -0.2) is 9.97 Å². The van der Waals surface area contributed by atoms with Crippen molar-refractivity contribution in [2.24, 2.45) is 12.8 Å². The molecule has 1 aliphatic carbocycles. The first-order valence-electron chi connectivity index (χ1n) is 9.66. The molecule has 1 fully saturated rings. The fraction of sp³-hybridized carbons (Fsp3) is 0.286. The lowest BCUT2D eigenvalue weighted by Gasteiger charge is -2.10. The summed E-state index contributed by atoms with van der Waals surface area (Å²) in [5, 5.41) is 7.08. The van der Waals surface area contributed by atoms with Crippen LogP contribution >= 0.6 is 0 Å². The van der Waals surface area contributed by atoms with Crippen molar-refractivity contribution < 1.29 is 4.79 Å². The highest BCUT2D eigenvalue weighted by Crippen LogP contribution is 2.33. The number of aromatic amines is 1. The minimum Gasteiger partial charge on any atom is -0.371 e.